The second-order valence-electron chi connectivity index (χ2n) is 9.20. The second kappa shape index (κ2) is 7.56. The first kappa shape index (κ1) is 21.4. The molecule has 0 fully saturated rings. The monoisotopic (exact) mass is 486 g/mol. The number of aliphatic hydroxyl groups excluding tert-OH is 1. The third kappa shape index (κ3) is 2.80. The lowest BCUT2D eigenvalue weighted by Gasteiger charge is -2.32. The molecule has 2 aliphatic rings. The largest absolute Gasteiger partial charge is 0.395 e. The van der Waals surface area contributed by atoms with Gasteiger partial charge in [-0.1, -0.05) is 36.4 Å². The number of rotatable bonds is 3. The van der Waals surface area contributed by atoms with Crippen molar-refractivity contribution in [2.45, 2.75) is 0 Å². The van der Waals surface area contributed by atoms with Crippen molar-refractivity contribution in [3.63, 3.8) is 0 Å². The summed E-state index contributed by atoms with van der Waals surface area (Å²) in [4.78, 5) is 56.0. The van der Waals surface area contributed by atoms with Crippen LogP contribution in [0.5, 0.6) is 0 Å². The molecule has 7 rings (SSSR count). The summed E-state index contributed by atoms with van der Waals surface area (Å²) in [5.74, 6) is -2.14. The molecule has 0 aromatic heterocycles. The molecule has 2 aliphatic heterocycles. The summed E-state index contributed by atoms with van der Waals surface area (Å²) >= 11 is 0. The van der Waals surface area contributed by atoms with Gasteiger partial charge in [0.05, 0.1) is 18.8 Å². The summed E-state index contributed by atoms with van der Waals surface area (Å²) in [7, 11) is 0. The lowest BCUT2D eigenvalue weighted by Crippen LogP contribution is -2.44. The highest BCUT2D eigenvalue weighted by atomic mass is 16.3. The molecule has 0 aliphatic carbocycles. The van der Waals surface area contributed by atoms with Gasteiger partial charge in [0.25, 0.3) is 23.6 Å². The predicted molar refractivity (Wildman–Crippen MR) is 139 cm³/mol. The van der Waals surface area contributed by atoms with Crippen molar-refractivity contribution in [1.29, 1.82) is 0 Å². The van der Waals surface area contributed by atoms with Crippen molar-refractivity contribution in [2.24, 2.45) is 0 Å². The highest BCUT2D eigenvalue weighted by Gasteiger charge is 2.40. The Morgan fingerprint density at radius 3 is 1.65 bits per heavy atom. The quantitative estimate of drug-likeness (QED) is 0.299. The summed E-state index contributed by atoms with van der Waals surface area (Å²) in [5, 5.41) is 13.7. The number of aliphatic hydroxyl groups is 1. The van der Waals surface area contributed by atoms with Crippen LogP contribution in [-0.2, 0) is 0 Å². The summed E-state index contributed by atoms with van der Waals surface area (Å²) in [6, 6.07) is 23.5. The summed E-state index contributed by atoms with van der Waals surface area (Å²) in [5.41, 5.74) is 1.44. The zero-order chi connectivity index (χ0) is 25.4. The van der Waals surface area contributed by atoms with E-state index in [1.807, 2.05) is 48.5 Å². The fourth-order valence-electron chi connectivity index (χ4n) is 5.59. The normalized spacial score (nSPS) is 14.9. The van der Waals surface area contributed by atoms with Crippen LogP contribution in [0.4, 0.5) is 5.69 Å². The molecular weight excluding hydrogens is 468 g/mol. The number of amides is 4. The lowest BCUT2D eigenvalue weighted by atomic mass is 9.85. The zero-order valence-corrected chi connectivity index (χ0v) is 19.4. The van der Waals surface area contributed by atoms with Crippen molar-refractivity contribution < 1.29 is 24.3 Å². The maximum absolute atomic E-state index is 13.9. The number of β-amino-alcohol motifs (C(OH)–C–C–N with tert-alkyl or cyclic N) is 1. The van der Waals surface area contributed by atoms with Crippen molar-refractivity contribution >= 4 is 61.6 Å². The molecule has 2 heterocycles. The molecular formula is C30H18N2O5. The molecule has 7 nitrogen and oxygen atoms in total. The highest BCUT2D eigenvalue weighted by molar-refractivity contribution is 6.40. The molecule has 0 saturated heterocycles. The summed E-state index contributed by atoms with van der Waals surface area (Å²) in [6.45, 7) is -0.498. The van der Waals surface area contributed by atoms with Gasteiger partial charge >= 0.3 is 0 Å². The van der Waals surface area contributed by atoms with Crippen molar-refractivity contribution in [2.75, 3.05) is 18.1 Å². The molecule has 0 bridgehead atoms. The van der Waals surface area contributed by atoms with Crippen LogP contribution in [-0.4, -0.2) is 46.8 Å². The zero-order valence-electron chi connectivity index (χ0n) is 19.4. The van der Waals surface area contributed by atoms with Gasteiger partial charge in [0, 0.05) is 38.4 Å². The van der Waals surface area contributed by atoms with E-state index < -0.39 is 23.6 Å². The van der Waals surface area contributed by atoms with Crippen LogP contribution in [0.3, 0.4) is 0 Å². The first-order valence-electron chi connectivity index (χ1n) is 11.9. The molecule has 178 valence electrons. The molecule has 37 heavy (non-hydrogen) atoms. The fourth-order valence-corrected chi connectivity index (χ4v) is 5.59. The standard InChI is InChI=1S/C30H18N2O5/c33-13-12-31-27(34)19-8-10-21-26-22(11-9-20(25(19)26)28(31)35)30(37)32(29(21)36)24-7-3-6-18-14-16-4-1-2-5-17(16)15-23(18)24/h1-11,14-15,33H,12-13H2. The van der Waals surface area contributed by atoms with Crippen LogP contribution in [0, 0.1) is 0 Å². The van der Waals surface area contributed by atoms with Crippen molar-refractivity contribution in [3.05, 3.63) is 101 Å². The van der Waals surface area contributed by atoms with E-state index >= 15 is 0 Å². The topological polar surface area (TPSA) is 95.0 Å². The van der Waals surface area contributed by atoms with Crippen LogP contribution < -0.4 is 4.90 Å². The van der Waals surface area contributed by atoms with Gasteiger partial charge in [-0.15, -0.1) is 0 Å². The van der Waals surface area contributed by atoms with E-state index in [0.29, 0.717) is 16.5 Å². The van der Waals surface area contributed by atoms with E-state index in [1.54, 1.807) is 6.07 Å². The fraction of sp³-hybridized carbons (Fsp3) is 0.0667. The van der Waals surface area contributed by atoms with Gasteiger partial charge in [0.15, 0.2) is 0 Å². The Kier molecular flexibility index (Phi) is 4.37. The third-order valence-electron chi connectivity index (χ3n) is 7.27. The first-order chi connectivity index (χ1) is 18.0. The molecule has 5 aromatic rings. The smallest absolute Gasteiger partial charge is 0.266 e. The Balaban J connectivity index is 1.46. The number of nitrogens with zero attached hydrogens (tertiary/aromatic N) is 2. The third-order valence-corrected chi connectivity index (χ3v) is 7.27. The average molecular weight is 486 g/mol. The molecule has 0 spiro atoms. The number of imide groups is 2. The highest BCUT2D eigenvalue weighted by Crippen LogP contribution is 2.40. The number of benzene rings is 5. The van der Waals surface area contributed by atoms with Gasteiger partial charge in [-0.05, 0) is 58.6 Å². The van der Waals surface area contributed by atoms with Gasteiger partial charge in [-0.2, -0.15) is 0 Å². The number of hydrogen-bond donors (Lipinski definition) is 1. The lowest BCUT2D eigenvalue weighted by molar-refractivity contribution is 0.0579. The predicted octanol–water partition coefficient (Wildman–Crippen LogP) is 4.54. The Labute approximate surface area is 210 Å². The molecule has 0 unspecified atom stereocenters. The Hall–Kier alpha value is -4.88. The number of fused-ring (bicyclic) bond motifs is 2. The molecule has 7 heteroatoms. The van der Waals surface area contributed by atoms with E-state index in [0.717, 1.165) is 26.4 Å². The van der Waals surface area contributed by atoms with Crippen LogP contribution in [0.15, 0.2) is 78.9 Å². The minimum Gasteiger partial charge on any atom is -0.395 e. The van der Waals surface area contributed by atoms with Crippen molar-refractivity contribution in [1.82, 2.24) is 4.90 Å². The molecule has 1 N–H and O–H groups in total. The number of carbonyl (C=O) groups excluding carboxylic acids is 4. The second-order valence-corrected chi connectivity index (χ2v) is 9.20. The minimum atomic E-state index is -0.557. The van der Waals surface area contributed by atoms with Crippen molar-refractivity contribution in [3.8, 4) is 0 Å². The first-order valence-corrected chi connectivity index (χ1v) is 11.9. The molecule has 0 radical (unpaired) electrons. The summed E-state index contributed by atoms with van der Waals surface area (Å²) in [6.07, 6.45) is 0. The van der Waals surface area contributed by atoms with Crippen LogP contribution in [0.2, 0.25) is 0 Å². The number of anilines is 1. The Morgan fingerprint density at radius 2 is 1.08 bits per heavy atom. The van der Waals surface area contributed by atoms with Crippen LogP contribution in [0.1, 0.15) is 41.4 Å². The van der Waals surface area contributed by atoms with E-state index in [1.165, 1.54) is 29.2 Å². The van der Waals surface area contributed by atoms with Gasteiger partial charge in [0.1, 0.15) is 0 Å². The van der Waals surface area contributed by atoms with Gasteiger partial charge in [0.2, 0.25) is 0 Å². The molecule has 0 saturated carbocycles. The summed E-state index contributed by atoms with van der Waals surface area (Å²) < 4.78 is 0. The van der Waals surface area contributed by atoms with Gasteiger partial charge < -0.3 is 5.11 Å². The van der Waals surface area contributed by atoms with Crippen LogP contribution in [0.25, 0.3) is 32.3 Å². The molecule has 5 aromatic carbocycles. The van der Waals surface area contributed by atoms with Crippen LogP contribution >= 0.6 is 0 Å². The van der Waals surface area contributed by atoms with E-state index in [-0.39, 0.29) is 35.4 Å². The van der Waals surface area contributed by atoms with E-state index in [2.05, 4.69) is 0 Å². The SMILES string of the molecule is O=C1c2ccc3c4c(ccc(c24)C(=O)N1CCO)C(=O)N(c1cccc2cc4ccccc4cc12)C3=O. The Morgan fingerprint density at radius 1 is 0.568 bits per heavy atom. The average Bonchev–Trinajstić information content (AvgIpc) is 2.92. The van der Waals surface area contributed by atoms with E-state index in [9.17, 15) is 24.3 Å². The minimum absolute atomic E-state index is 0.135. The van der Waals surface area contributed by atoms with Gasteiger partial charge in [-0.25, -0.2) is 4.90 Å². The number of carbonyl (C=O) groups is 4. The maximum atomic E-state index is 13.9. The Bertz CT molecular complexity index is 1820. The van der Waals surface area contributed by atoms with Gasteiger partial charge in [-0.3, -0.25) is 24.1 Å². The maximum Gasteiger partial charge on any atom is 0.266 e. The van der Waals surface area contributed by atoms with E-state index in [4.69, 9.17) is 0 Å². The number of hydrogen-bond acceptors (Lipinski definition) is 5. The molecule has 4 amide bonds. The molecule has 0 atom stereocenters.